The van der Waals surface area contributed by atoms with E-state index >= 15 is 0 Å². The molecule has 4 rings (SSSR count). The number of carbonyl (C=O) groups is 1. The fourth-order valence-electron chi connectivity index (χ4n) is 2.62. The van der Waals surface area contributed by atoms with Crippen LogP contribution in [0.1, 0.15) is 34.9 Å². The Kier molecular flexibility index (Phi) is 4.08. The van der Waals surface area contributed by atoms with E-state index in [1.165, 1.54) is 20.0 Å². The van der Waals surface area contributed by atoms with Gasteiger partial charge in [0.25, 0.3) is 0 Å². The Morgan fingerprint density at radius 1 is 1.23 bits per heavy atom. The number of pyridine rings is 1. The number of anilines is 2. The van der Waals surface area contributed by atoms with Gasteiger partial charge in [0, 0.05) is 24.2 Å². The zero-order valence-electron chi connectivity index (χ0n) is 14.5. The van der Waals surface area contributed by atoms with Crippen molar-refractivity contribution in [2.45, 2.75) is 25.8 Å². The largest absolute Gasteiger partial charge is 0.464 e. The minimum atomic E-state index is -0.467. The summed E-state index contributed by atoms with van der Waals surface area (Å²) in [5.41, 5.74) is 3.58. The van der Waals surface area contributed by atoms with Gasteiger partial charge in [-0.05, 0) is 37.5 Å². The van der Waals surface area contributed by atoms with Crippen LogP contribution in [0.4, 0.5) is 11.6 Å². The number of carbonyl (C=O) groups excluding carboxylic acids is 1. The summed E-state index contributed by atoms with van der Waals surface area (Å²) >= 11 is 0. The Balaban J connectivity index is 1.58. The van der Waals surface area contributed by atoms with Crippen molar-refractivity contribution in [2.75, 3.05) is 12.4 Å². The second-order valence-electron chi connectivity index (χ2n) is 6.21. The SMILES string of the molecule is COC(=O)c1ccc(-c2nc(Nc3cnn(C4CC4)c3)ncc2C)cn1. The number of aromatic nitrogens is 5. The molecule has 3 heterocycles. The van der Waals surface area contributed by atoms with Gasteiger partial charge >= 0.3 is 5.97 Å². The molecular weight excluding hydrogens is 332 g/mol. The number of ether oxygens (including phenoxy) is 1. The van der Waals surface area contributed by atoms with Crippen LogP contribution in [0.25, 0.3) is 11.3 Å². The van der Waals surface area contributed by atoms with E-state index in [1.807, 2.05) is 17.8 Å². The first-order chi connectivity index (χ1) is 12.6. The fraction of sp³-hybridized carbons (Fsp3) is 0.278. The Hall–Kier alpha value is -3.29. The van der Waals surface area contributed by atoms with Crippen molar-refractivity contribution in [1.29, 1.82) is 0 Å². The van der Waals surface area contributed by atoms with Crippen LogP contribution in [0.2, 0.25) is 0 Å². The van der Waals surface area contributed by atoms with Crippen molar-refractivity contribution in [3.05, 3.63) is 48.2 Å². The standard InChI is InChI=1S/C18H18N6O2/c1-11-7-20-18(22-13-9-21-24(10-13)14-4-5-14)23-16(11)12-3-6-15(19-8-12)17(25)26-2/h3,6-10,14H,4-5H2,1-2H3,(H,20,22,23). The number of rotatable bonds is 5. The predicted octanol–water partition coefficient (Wildman–Crippen LogP) is 2.91. The normalized spacial score (nSPS) is 13.5. The third kappa shape index (κ3) is 3.26. The summed E-state index contributed by atoms with van der Waals surface area (Å²) in [5.74, 6) is 0.0176. The molecule has 1 fully saturated rings. The highest BCUT2D eigenvalue weighted by molar-refractivity contribution is 5.87. The van der Waals surface area contributed by atoms with E-state index in [-0.39, 0.29) is 5.69 Å². The Labute approximate surface area is 150 Å². The number of aryl methyl sites for hydroxylation is 1. The second kappa shape index (κ2) is 6.55. The first-order valence-corrected chi connectivity index (χ1v) is 8.33. The minimum absolute atomic E-state index is 0.258. The lowest BCUT2D eigenvalue weighted by atomic mass is 10.1. The van der Waals surface area contributed by atoms with Gasteiger partial charge in [-0.25, -0.2) is 19.7 Å². The molecule has 0 amide bonds. The minimum Gasteiger partial charge on any atom is -0.464 e. The molecule has 1 saturated carbocycles. The molecule has 8 nitrogen and oxygen atoms in total. The molecule has 1 aliphatic rings. The lowest BCUT2D eigenvalue weighted by Gasteiger charge is -2.08. The highest BCUT2D eigenvalue weighted by Crippen LogP contribution is 2.34. The molecule has 0 aromatic carbocycles. The van der Waals surface area contributed by atoms with Crippen molar-refractivity contribution in [2.24, 2.45) is 0 Å². The van der Waals surface area contributed by atoms with E-state index in [1.54, 1.807) is 30.7 Å². The molecule has 1 aliphatic carbocycles. The summed E-state index contributed by atoms with van der Waals surface area (Å²) in [5, 5.41) is 7.53. The van der Waals surface area contributed by atoms with Gasteiger partial charge in [-0.3, -0.25) is 4.68 Å². The lowest BCUT2D eigenvalue weighted by molar-refractivity contribution is 0.0594. The second-order valence-corrected chi connectivity index (χ2v) is 6.21. The van der Waals surface area contributed by atoms with E-state index in [0.717, 1.165) is 22.5 Å². The summed E-state index contributed by atoms with van der Waals surface area (Å²) in [6.45, 7) is 1.93. The maximum atomic E-state index is 11.5. The summed E-state index contributed by atoms with van der Waals surface area (Å²) in [6, 6.07) is 3.94. The third-order valence-corrected chi connectivity index (χ3v) is 4.18. The lowest BCUT2D eigenvalue weighted by Crippen LogP contribution is -2.04. The summed E-state index contributed by atoms with van der Waals surface area (Å²) in [7, 11) is 1.33. The maximum Gasteiger partial charge on any atom is 0.356 e. The maximum absolute atomic E-state index is 11.5. The molecule has 0 atom stereocenters. The molecular formula is C18H18N6O2. The first-order valence-electron chi connectivity index (χ1n) is 8.33. The smallest absolute Gasteiger partial charge is 0.356 e. The predicted molar refractivity (Wildman–Crippen MR) is 95.1 cm³/mol. The van der Waals surface area contributed by atoms with Gasteiger partial charge in [0.05, 0.1) is 30.7 Å². The summed E-state index contributed by atoms with van der Waals surface area (Å²) in [4.78, 5) is 24.6. The van der Waals surface area contributed by atoms with Gasteiger partial charge in [0.1, 0.15) is 5.69 Å². The van der Waals surface area contributed by atoms with E-state index in [4.69, 9.17) is 0 Å². The molecule has 1 N–H and O–H groups in total. The monoisotopic (exact) mass is 350 g/mol. The van der Waals surface area contributed by atoms with Gasteiger partial charge in [-0.15, -0.1) is 0 Å². The topological polar surface area (TPSA) is 94.8 Å². The Bertz CT molecular complexity index is 947. The zero-order chi connectivity index (χ0) is 18.1. The van der Waals surface area contributed by atoms with Gasteiger partial charge in [0.15, 0.2) is 0 Å². The summed E-state index contributed by atoms with van der Waals surface area (Å²) < 4.78 is 6.63. The molecule has 0 radical (unpaired) electrons. The summed E-state index contributed by atoms with van der Waals surface area (Å²) in [6.07, 6.45) is 9.46. The van der Waals surface area contributed by atoms with Crippen LogP contribution in [0.5, 0.6) is 0 Å². The van der Waals surface area contributed by atoms with E-state index in [2.05, 4.69) is 30.1 Å². The molecule has 0 spiro atoms. The van der Waals surface area contributed by atoms with E-state index < -0.39 is 5.97 Å². The molecule has 3 aromatic rings. The van der Waals surface area contributed by atoms with Gasteiger partial charge < -0.3 is 10.1 Å². The van der Waals surface area contributed by atoms with Crippen molar-refractivity contribution in [3.63, 3.8) is 0 Å². The van der Waals surface area contributed by atoms with E-state index in [9.17, 15) is 4.79 Å². The van der Waals surface area contributed by atoms with Crippen LogP contribution >= 0.6 is 0 Å². The van der Waals surface area contributed by atoms with Crippen molar-refractivity contribution >= 4 is 17.6 Å². The average Bonchev–Trinajstić information content (AvgIpc) is 3.42. The number of hydrogen-bond donors (Lipinski definition) is 1. The quantitative estimate of drug-likeness (QED) is 0.707. The molecule has 0 saturated heterocycles. The van der Waals surface area contributed by atoms with Crippen LogP contribution in [-0.4, -0.2) is 37.8 Å². The number of hydrogen-bond acceptors (Lipinski definition) is 7. The van der Waals surface area contributed by atoms with E-state index in [0.29, 0.717) is 12.0 Å². The van der Waals surface area contributed by atoms with Gasteiger partial charge in [-0.1, -0.05) is 0 Å². The molecule has 0 unspecified atom stereocenters. The average molecular weight is 350 g/mol. The number of nitrogens with one attached hydrogen (secondary N) is 1. The van der Waals surface area contributed by atoms with Crippen LogP contribution < -0.4 is 5.32 Å². The number of nitrogens with zero attached hydrogens (tertiary/aromatic N) is 5. The Morgan fingerprint density at radius 3 is 2.77 bits per heavy atom. The third-order valence-electron chi connectivity index (χ3n) is 4.18. The van der Waals surface area contributed by atoms with Crippen LogP contribution in [0, 0.1) is 6.92 Å². The van der Waals surface area contributed by atoms with Gasteiger partial charge in [-0.2, -0.15) is 5.10 Å². The van der Waals surface area contributed by atoms with Crippen LogP contribution in [0.3, 0.4) is 0 Å². The van der Waals surface area contributed by atoms with Crippen LogP contribution in [0.15, 0.2) is 36.9 Å². The zero-order valence-corrected chi connectivity index (χ0v) is 14.5. The molecule has 3 aromatic heterocycles. The fourth-order valence-corrected chi connectivity index (χ4v) is 2.62. The van der Waals surface area contributed by atoms with Crippen molar-refractivity contribution in [3.8, 4) is 11.3 Å². The number of esters is 1. The molecule has 0 bridgehead atoms. The molecule has 0 aliphatic heterocycles. The highest BCUT2D eigenvalue weighted by atomic mass is 16.5. The van der Waals surface area contributed by atoms with Crippen LogP contribution in [-0.2, 0) is 4.74 Å². The molecule has 8 heteroatoms. The Morgan fingerprint density at radius 2 is 2.08 bits per heavy atom. The molecule has 26 heavy (non-hydrogen) atoms. The number of methoxy groups -OCH3 is 1. The van der Waals surface area contributed by atoms with Crippen molar-refractivity contribution in [1.82, 2.24) is 24.7 Å². The first kappa shape index (κ1) is 16.2. The van der Waals surface area contributed by atoms with Gasteiger partial charge in [0.2, 0.25) is 5.95 Å². The highest BCUT2D eigenvalue weighted by Gasteiger charge is 2.24. The van der Waals surface area contributed by atoms with Crippen molar-refractivity contribution < 1.29 is 9.53 Å². The molecule has 132 valence electrons.